The number of nitrogens with one attached hydrogen (secondary N) is 2. The van der Waals surface area contributed by atoms with Crippen molar-refractivity contribution in [1.29, 1.82) is 0 Å². The number of carbonyl (C=O) groups is 3. The van der Waals surface area contributed by atoms with Crippen LogP contribution in [-0.2, 0) is 9.59 Å². The highest BCUT2D eigenvalue weighted by atomic mass is 35.5. The molecule has 4 heterocycles. The van der Waals surface area contributed by atoms with Gasteiger partial charge in [0, 0.05) is 31.9 Å². The van der Waals surface area contributed by atoms with E-state index in [1.165, 1.54) is 4.90 Å². The Labute approximate surface area is 216 Å². The van der Waals surface area contributed by atoms with E-state index in [4.69, 9.17) is 34.7 Å². The molecule has 4 aliphatic rings. The Balaban J connectivity index is 1.48. The van der Waals surface area contributed by atoms with E-state index in [1.807, 2.05) is 0 Å². The number of rotatable bonds is 6. The molecule has 5 rings (SSSR count). The Morgan fingerprint density at radius 1 is 1.22 bits per heavy atom. The van der Waals surface area contributed by atoms with Crippen LogP contribution in [-0.4, -0.2) is 88.0 Å². The fraction of sp³-hybridized carbons (Fsp3) is 0.500. The minimum absolute atomic E-state index is 0.0120. The molecule has 0 bridgehead atoms. The second-order valence-corrected chi connectivity index (χ2v) is 10.1. The number of likely N-dealkylation sites (tertiary alicyclic amines) is 1. The summed E-state index contributed by atoms with van der Waals surface area (Å²) in [5, 5.41) is 16.6. The summed E-state index contributed by atoms with van der Waals surface area (Å²) in [6.45, 7) is 0.0895. The molecule has 1 aromatic carbocycles. The lowest BCUT2D eigenvalue weighted by Crippen LogP contribution is -2.72. The summed E-state index contributed by atoms with van der Waals surface area (Å²) in [7, 11) is 0. The molecule has 7 N–H and O–H groups in total. The van der Waals surface area contributed by atoms with Gasteiger partial charge in [0.15, 0.2) is 11.9 Å². The molecule has 0 aromatic heterocycles. The maximum absolute atomic E-state index is 13.2. The van der Waals surface area contributed by atoms with E-state index < -0.39 is 35.6 Å². The number of benzene rings is 1. The van der Waals surface area contributed by atoms with Gasteiger partial charge in [0.25, 0.3) is 5.91 Å². The minimum Gasteiger partial charge on any atom is -0.396 e. The number of guanidine groups is 2. The topological polar surface area (TPSA) is 179 Å². The van der Waals surface area contributed by atoms with Crippen LogP contribution in [0.5, 0.6) is 0 Å². The lowest BCUT2D eigenvalue weighted by atomic mass is 9.79. The number of aliphatic hydroxyl groups is 1. The number of amides is 3. The molecular formula is C22H26Cl2N8O4. The molecule has 0 aliphatic carbocycles. The second kappa shape index (κ2) is 9.09. The van der Waals surface area contributed by atoms with Crippen LogP contribution in [0.2, 0.25) is 10.0 Å². The highest BCUT2D eigenvalue weighted by molar-refractivity contribution is 6.43. The average Bonchev–Trinajstić information content (AvgIpc) is 3.45. The van der Waals surface area contributed by atoms with Crippen LogP contribution in [0.3, 0.4) is 0 Å². The van der Waals surface area contributed by atoms with Crippen LogP contribution in [0.25, 0.3) is 0 Å². The third-order valence-electron chi connectivity index (χ3n) is 7.35. The minimum atomic E-state index is -1.02. The predicted octanol–water partition coefficient (Wildman–Crippen LogP) is -0.765. The fourth-order valence-corrected chi connectivity index (χ4v) is 6.23. The number of hydrogen-bond acceptors (Lipinski definition) is 10. The molecule has 2 fully saturated rings. The molecule has 4 aliphatic heterocycles. The number of nitrogens with zero attached hydrogens (tertiary/aromatic N) is 4. The van der Waals surface area contributed by atoms with Gasteiger partial charge in [-0.05, 0) is 18.6 Å². The van der Waals surface area contributed by atoms with Crippen molar-refractivity contribution in [1.82, 2.24) is 20.4 Å². The van der Waals surface area contributed by atoms with Gasteiger partial charge in [-0.3, -0.25) is 19.3 Å². The van der Waals surface area contributed by atoms with Crippen LogP contribution in [0.4, 0.5) is 0 Å². The van der Waals surface area contributed by atoms with Gasteiger partial charge < -0.3 is 32.1 Å². The molecule has 1 aromatic rings. The summed E-state index contributed by atoms with van der Waals surface area (Å²) in [4.78, 5) is 49.9. The van der Waals surface area contributed by atoms with E-state index in [9.17, 15) is 19.5 Å². The average molecular weight is 537 g/mol. The Kier molecular flexibility index (Phi) is 6.21. The standard InChI is InChI=1S/C22H26Cl2N8O4/c23-12-3-1-2-10(17(12)24)19(36)27-13-9-32-21(26)28-14(8-31-15(34)4-5-16(31)35)18-22(32,11(13)6-7-33)30-20(25)29-18/h1-3,11,13-14,18,33H,4-9H2,(H2,26,28)(H,27,36)(H3,25,29,30)/t11?,13?,14?,18-,22?/m0/s1. The molecule has 5 atom stereocenters. The lowest BCUT2D eigenvalue weighted by molar-refractivity contribution is -0.138. The first-order valence-electron chi connectivity index (χ1n) is 11.6. The highest BCUT2D eigenvalue weighted by Crippen LogP contribution is 2.45. The molecule has 4 unspecified atom stereocenters. The quantitative estimate of drug-likeness (QED) is 0.294. The number of carbonyl (C=O) groups excluding carboxylic acids is 3. The van der Waals surface area contributed by atoms with Crippen LogP contribution >= 0.6 is 23.2 Å². The summed E-state index contributed by atoms with van der Waals surface area (Å²) in [5.41, 5.74) is 11.7. The zero-order valence-corrected chi connectivity index (χ0v) is 20.7. The largest absolute Gasteiger partial charge is 0.396 e. The Morgan fingerprint density at radius 3 is 2.64 bits per heavy atom. The number of halogens is 2. The van der Waals surface area contributed by atoms with Gasteiger partial charge in [-0.25, -0.2) is 9.98 Å². The molecule has 3 amide bonds. The molecule has 14 heteroatoms. The molecule has 12 nitrogen and oxygen atoms in total. The van der Waals surface area contributed by atoms with Crippen molar-refractivity contribution in [2.45, 2.75) is 43.1 Å². The van der Waals surface area contributed by atoms with Crippen molar-refractivity contribution in [3.05, 3.63) is 33.8 Å². The fourth-order valence-electron chi connectivity index (χ4n) is 5.84. The third-order valence-corrected chi connectivity index (χ3v) is 8.17. The van der Waals surface area contributed by atoms with Crippen molar-refractivity contribution < 1.29 is 19.5 Å². The molecule has 0 radical (unpaired) electrons. The van der Waals surface area contributed by atoms with Crippen LogP contribution < -0.4 is 22.1 Å². The van der Waals surface area contributed by atoms with E-state index in [0.717, 1.165) is 0 Å². The SMILES string of the molecule is NC1=N[C@H]2C(CN3C(=O)CCC3=O)N=C(N)N3CC(NC(=O)c4cccc(Cl)c4Cl)C(CCO)C23N1. The number of aliphatic imine (C=N–C) groups is 2. The number of nitrogens with two attached hydrogens (primary N) is 2. The monoisotopic (exact) mass is 536 g/mol. The first-order chi connectivity index (χ1) is 17.2. The van der Waals surface area contributed by atoms with E-state index >= 15 is 0 Å². The molecule has 36 heavy (non-hydrogen) atoms. The maximum atomic E-state index is 13.2. The summed E-state index contributed by atoms with van der Waals surface area (Å²) in [6.07, 6.45) is 0.589. The summed E-state index contributed by atoms with van der Waals surface area (Å²) in [5.74, 6) is -1.08. The van der Waals surface area contributed by atoms with Crippen molar-refractivity contribution in [3.8, 4) is 0 Å². The van der Waals surface area contributed by atoms with Crippen LogP contribution in [0, 0.1) is 5.92 Å². The van der Waals surface area contributed by atoms with E-state index in [-0.39, 0.29) is 78.3 Å². The molecule has 2 saturated heterocycles. The molecule has 0 saturated carbocycles. The number of aliphatic hydroxyl groups excluding tert-OH is 1. The van der Waals surface area contributed by atoms with Gasteiger partial charge in [0.2, 0.25) is 11.8 Å². The second-order valence-electron chi connectivity index (χ2n) is 9.27. The zero-order valence-electron chi connectivity index (χ0n) is 19.2. The van der Waals surface area contributed by atoms with Gasteiger partial charge >= 0.3 is 0 Å². The van der Waals surface area contributed by atoms with Gasteiger partial charge in [0.05, 0.1) is 34.2 Å². The van der Waals surface area contributed by atoms with Crippen LogP contribution in [0.1, 0.15) is 29.6 Å². The van der Waals surface area contributed by atoms with Crippen LogP contribution in [0.15, 0.2) is 28.2 Å². The Bertz CT molecular complexity index is 1180. The van der Waals surface area contributed by atoms with Crippen molar-refractivity contribution in [2.75, 3.05) is 19.7 Å². The normalized spacial score (nSPS) is 31.1. The zero-order chi connectivity index (χ0) is 25.8. The van der Waals surface area contributed by atoms with Gasteiger partial charge in [-0.1, -0.05) is 29.3 Å². The predicted molar refractivity (Wildman–Crippen MR) is 132 cm³/mol. The lowest BCUT2D eigenvalue weighted by Gasteiger charge is -2.48. The number of imide groups is 1. The van der Waals surface area contributed by atoms with Gasteiger partial charge in [-0.15, -0.1) is 0 Å². The highest BCUT2D eigenvalue weighted by Gasteiger charge is 2.65. The van der Waals surface area contributed by atoms with Crippen molar-refractivity contribution in [3.63, 3.8) is 0 Å². The Hall–Kier alpha value is -3.09. The van der Waals surface area contributed by atoms with Crippen molar-refractivity contribution in [2.24, 2.45) is 27.4 Å². The van der Waals surface area contributed by atoms with Gasteiger partial charge in [-0.2, -0.15) is 0 Å². The van der Waals surface area contributed by atoms with E-state index in [0.29, 0.717) is 0 Å². The maximum Gasteiger partial charge on any atom is 0.253 e. The molecule has 1 spiro atoms. The summed E-state index contributed by atoms with van der Waals surface area (Å²) < 4.78 is 0. The van der Waals surface area contributed by atoms with Crippen molar-refractivity contribution >= 4 is 52.8 Å². The molecular weight excluding hydrogens is 511 g/mol. The number of hydrogen-bond donors (Lipinski definition) is 5. The smallest absolute Gasteiger partial charge is 0.253 e. The summed E-state index contributed by atoms with van der Waals surface area (Å²) >= 11 is 12.3. The third kappa shape index (κ3) is 3.75. The Morgan fingerprint density at radius 2 is 1.94 bits per heavy atom. The first-order valence-corrected chi connectivity index (χ1v) is 12.3. The van der Waals surface area contributed by atoms with Gasteiger partial charge in [0.1, 0.15) is 11.7 Å². The van der Waals surface area contributed by atoms with E-state index in [1.54, 1.807) is 23.1 Å². The first kappa shape index (κ1) is 24.6. The molecule has 192 valence electrons. The van der Waals surface area contributed by atoms with E-state index in [2.05, 4.69) is 20.6 Å². The summed E-state index contributed by atoms with van der Waals surface area (Å²) in [6, 6.07) is 3.00.